The molecule has 0 aliphatic carbocycles. The lowest BCUT2D eigenvalue weighted by molar-refractivity contribution is -0.122. The second-order valence-electron chi connectivity index (χ2n) is 4.13. The van der Waals surface area contributed by atoms with E-state index >= 15 is 0 Å². The molecule has 5 nitrogen and oxygen atoms in total. The summed E-state index contributed by atoms with van der Waals surface area (Å²) in [5.74, 6) is 0.200. The molecular formula is C11H17N3O2. The van der Waals surface area contributed by atoms with Gasteiger partial charge in [-0.15, -0.1) is 0 Å². The lowest BCUT2D eigenvalue weighted by Crippen LogP contribution is -2.40. The highest BCUT2D eigenvalue weighted by Gasteiger charge is 2.11. The van der Waals surface area contributed by atoms with Crippen LogP contribution in [0.3, 0.4) is 0 Å². The van der Waals surface area contributed by atoms with E-state index in [0.717, 1.165) is 0 Å². The Morgan fingerprint density at radius 2 is 2.19 bits per heavy atom. The minimum Gasteiger partial charge on any atom is -0.352 e. The molecule has 1 atom stereocenters. The van der Waals surface area contributed by atoms with Crippen LogP contribution in [0.1, 0.15) is 20.8 Å². The molecule has 0 aromatic carbocycles. The van der Waals surface area contributed by atoms with Gasteiger partial charge in [-0.25, -0.2) is 9.78 Å². The van der Waals surface area contributed by atoms with Crippen molar-refractivity contribution in [3.8, 4) is 0 Å². The lowest BCUT2D eigenvalue weighted by atomic mass is 10.1. The van der Waals surface area contributed by atoms with E-state index in [4.69, 9.17) is 0 Å². The molecule has 0 unspecified atom stereocenters. The van der Waals surface area contributed by atoms with Gasteiger partial charge in [-0.1, -0.05) is 13.8 Å². The van der Waals surface area contributed by atoms with Gasteiger partial charge in [0, 0.05) is 18.4 Å². The van der Waals surface area contributed by atoms with Gasteiger partial charge in [0.05, 0.1) is 0 Å². The third-order valence-corrected chi connectivity index (χ3v) is 2.49. The van der Waals surface area contributed by atoms with Gasteiger partial charge in [-0.05, 0) is 18.9 Å². The number of hydrogen-bond donors (Lipinski definition) is 1. The number of nitrogens with zero attached hydrogens (tertiary/aromatic N) is 2. The first-order chi connectivity index (χ1) is 7.50. The Morgan fingerprint density at radius 3 is 2.75 bits per heavy atom. The Hall–Kier alpha value is -1.65. The highest BCUT2D eigenvalue weighted by molar-refractivity contribution is 5.75. The van der Waals surface area contributed by atoms with Gasteiger partial charge >= 0.3 is 5.69 Å². The molecule has 0 bridgehead atoms. The third-order valence-electron chi connectivity index (χ3n) is 2.49. The lowest BCUT2D eigenvalue weighted by Gasteiger charge is -2.17. The van der Waals surface area contributed by atoms with Gasteiger partial charge < -0.3 is 5.32 Å². The standard InChI is InChI=1S/C11H17N3O2/c1-8(2)9(3)13-10(15)7-14-6-4-5-12-11(14)16/h4-6,8-9H,7H2,1-3H3,(H,13,15)/t9-/m1/s1. The van der Waals surface area contributed by atoms with Crippen molar-refractivity contribution >= 4 is 5.91 Å². The van der Waals surface area contributed by atoms with Gasteiger partial charge in [0.25, 0.3) is 0 Å². The van der Waals surface area contributed by atoms with E-state index in [1.807, 2.05) is 20.8 Å². The summed E-state index contributed by atoms with van der Waals surface area (Å²) in [5.41, 5.74) is -0.408. The van der Waals surface area contributed by atoms with E-state index in [-0.39, 0.29) is 18.5 Å². The average molecular weight is 223 g/mol. The number of carbonyl (C=O) groups excluding carboxylic acids is 1. The van der Waals surface area contributed by atoms with E-state index in [1.165, 1.54) is 10.8 Å². The molecule has 1 rings (SSSR count). The average Bonchev–Trinajstić information content (AvgIpc) is 2.21. The number of hydrogen-bond acceptors (Lipinski definition) is 3. The van der Waals surface area contributed by atoms with Crippen LogP contribution in [0.4, 0.5) is 0 Å². The fourth-order valence-corrected chi connectivity index (χ4v) is 1.13. The van der Waals surface area contributed by atoms with Gasteiger partial charge in [-0.3, -0.25) is 9.36 Å². The molecule has 0 saturated heterocycles. The first kappa shape index (κ1) is 12.4. The number of amides is 1. The number of nitrogens with one attached hydrogen (secondary N) is 1. The fourth-order valence-electron chi connectivity index (χ4n) is 1.13. The molecule has 0 aliphatic heterocycles. The second kappa shape index (κ2) is 5.44. The molecule has 88 valence electrons. The van der Waals surface area contributed by atoms with Crippen LogP contribution in [0, 0.1) is 5.92 Å². The van der Waals surface area contributed by atoms with Crippen LogP contribution >= 0.6 is 0 Å². The summed E-state index contributed by atoms with van der Waals surface area (Å²) in [6, 6.07) is 1.72. The molecule has 1 aromatic heterocycles. The van der Waals surface area contributed by atoms with Crippen LogP contribution in [-0.4, -0.2) is 21.5 Å². The zero-order valence-electron chi connectivity index (χ0n) is 9.80. The van der Waals surface area contributed by atoms with Gasteiger partial charge in [-0.2, -0.15) is 0 Å². The van der Waals surface area contributed by atoms with Crippen molar-refractivity contribution in [1.29, 1.82) is 0 Å². The molecule has 1 aromatic rings. The van der Waals surface area contributed by atoms with Crippen molar-refractivity contribution in [3.05, 3.63) is 28.9 Å². The Morgan fingerprint density at radius 1 is 1.50 bits per heavy atom. The van der Waals surface area contributed by atoms with Gasteiger partial charge in [0.2, 0.25) is 5.91 Å². The summed E-state index contributed by atoms with van der Waals surface area (Å²) < 4.78 is 1.28. The largest absolute Gasteiger partial charge is 0.352 e. The fraction of sp³-hybridized carbons (Fsp3) is 0.545. The van der Waals surface area contributed by atoms with E-state index < -0.39 is 5.69 Å². The van der Waals surface area contributed by atoms with E-state index in [9.17, 15) is 9.59 Å². The molecule has 0 aliphatic rings. The first-order valence-corrected chi connectivity index (χ1v) is 5.31. The van der Waals surface area contributed by atoms with Gasteiger partial charge in [0.1, 0.15) is 6.54 Å². The SMILES string of the molecule is CC(C)[C@@H](C)NC(=O)Cn1cccnc1=O. The first-order valence-electron chi connectivity index (χ1n) is 5.31. The normalized spacial score (nSPS) is 12.5. The molecular weight excluding hydrogens is 206 g/mol. The van der Waals surface area contributed by atoms with Crippen LogP contribution in [-0.2, 0) is 11.3 Å². The molecule has 0 spiro atoms. The second-order valence-corrected chi connectivity index (χ2v) is 4.13. The zero-order chi connectivity index (χ0) is 12.1. The van der Waals surface area contributed by atoms with Crippen LogP contribution in [0.2, 0.25) is 0 Å². The summed E-state index contributed by atoms with van der Waals surface area (Å²) in [5, 5.41) is 2.83. The molecule has 1 amide bonds. The molecule has 1 heterocycles. The number of rotatable bonds is 4. The Kier molecular flexibility index (Phi) is 4.22. The van der Waals surface area contributed by atoms with E-state index in [1.54, 1.807) is 12.3 Å². The number of aromatic nitrogens is 2. The molecule has 0 fully saturated rings. The zero-order valence-corrected chi connectivity index (χ0v) is 9.80. The minimum atomic E-state index is -0.408. The van der Waals surface area contributed by atoms with E-state index in [0.29, 0.717) is 5.92 Å². The minimum absolute atomic E-state index is 0.0176. The predicted molar refractivity (Wildman–Crippen MR) is 60.9 cm³/mol. The monoisotopic (exact) mass is 223 g/mol. The summed E-state index contributed by atoms with van der Waals surface area (Å²) in [4.78, 5) is 26.4. The van der Waals surface area contributed by atoms with Crippen LogP contribution in [0.5, 0.6) is 0 Å². The Balaban J connectivity index is 2.59. The van der Waals surface area contributed by atoms with Crippen molar-refractivity contribution in [2.24, 2.45) is 5.92 Å². The molecule has 0 radical (unpaired) electrons. The van der Waals surface area contributed by atoms with Crippen LogP contribution < -0.4 is 11.0 Å². The van der Waals surface area contributed by atoms with Crippen molar-refractivity contribution in [3.63, 3.8) is 0 Å². The highest BCUT2D eigenvalue weighted by Crippen LogP contribution is 1.99. The summed E-state index contributed by atoms with van der Waals surface area (Å²) in [6.07, 6.45) is 2.96. The summed E-state index contributed by atoms with van der Waals surface area (Å²) in [7, 11) is 0. The maximum atomic E-state index is 11.6. The third kappa shape index (κ3) is 3.49. The van der Waals surface area contributed by atoms with Crippen molar-refractivity contribution in [2.45, 2.75) is 33.4 Å². The maximum absolute atomic E-state index is 11.6. The van der Waals surface area contributed by atoms with Crippen LogP contribution in [0.25, 0.3) is 0 Å². The molecule has 16 heavy (non-hydrogen) atoms. The summed E-state index contributed by atoms with van der Waals surface area (Å²) >= 11 is 0. The molecule has 5 heteroatoms. The number of carbonyl (C=O) groups is 1. The van der Waals surface area contributed by atoms with Crippen LogP contribution in [0.15, 0.2) is 23.3 Å². The molecule has 0 saturated carbocycles. The van der Waals surface area contributed by atoms with E-state index in [2.05, 4.69) is 10.3 Å². The molecule has 1 N–H and O–H groups in total. The quantitative estimate of drug-likeness (QED) is 0.803. The highest BCUT2D eigenvalue weighted by atomic mass is 16.2. The van der Waals surface area contributed by atoms with Crippen molar-refractivity contribution in [2.75, 3.05) is 0 Å². The topological polar surface area (TPSA) is 64.0 Å². The smallest absolute Gasteiger partial charge is 0.347 e. The maximum Gasteiger partial charge on any atom is 0.347 e. The van der Waals surface area contributed by atoms with Crippen molar-refractivity contribution in [1.82, 2.24) is 14.9 Å². The van der Waals surface area contributed by atoms with Gasteiger partial charge in [0.15, 0.2) is 0 Å². The Bertz CT molecular complexity index is 412. The Labute approximate surface area is 94.5 Å². The predicted octanol–water partition coefficient (Wildman–Crippen LogP) is 0.404. The van der Waals surface area contributed by atoms with Crippen molar-refractivity contribution < 1.29 is 4.79 Å². The summed E-state index contributed by atoms with van der Waals surface area (Å²) in [6.45, 7) is 6.01.